The first-order chi connectivity index (χ1) is 8.73. The van der Waals surface area contributed by atoms with E-state index < -0.39 is 0 Å². The molecule has 0 spiro atoms. The maximum atomic E-state index is 11.4. The molecule has 0 heterocycles. The Morgan fingerprint density at radius 3 is 2.53 bits per heavy atom. The molecule has 0 N–H and O–H groups in total. The lowest BCUT2D eigenvalue weighted by Crippen LogP contribution is -2.46. The molecular formula is C17H26O2. The van der Waals surface area contributed by atoms with Crippen LogP contribution in [0, 0.1) is 40.4 Å². The Labute approximate surface area is 116 Å². The number of hydrogen-bond donors (Lipinski definition) is 0. The fourth-order valence-corrected chi connectivity index (χ4v) is 7.33. The third-order valence-electron chi connectivity index (χ3n) is 7.71. The van der Waals surface area contributed by atoms with Gasteiger partial charge in [0.25, 0.3) is 0 Å². The third kappa shape index (κ3) is 1.14. The zero-order chi connectivity index (χ0) is 13.8. The van der Waals surface area contributed by atoms with E-state index in [1.807, 2.05) is 0 Å². The maximum Gasteiger partial charge on any atom is 0.303 e. The minimum atomic E-state index is -0.286. The molecule has 19 heavy (non-hydrogen) atoms. The summed E-state index contributed by atoms with van der Waals surface area (Å²) in [6.45, 7) is 10.9. The molecule has 5 fully saturated rings. The molecule has 2 heteroatoms. The van der Waals surface area contributed by atoms with Crippen LogP contribution in [0.3, 0.4) is 0 Å². The van der Waals surface area contributed by atoms with Crippen molar-refractivity contribution in [3.63, 3.8) is 0 Å². The Morgan fingerprint density at radius 2 is 1.95 bits per heavy atom. The molecule has 0 radical (unpaired) electrons. The van der Waals surface area contributed by atoms with E-state index in [0.29, 0.717) is 16.7 Å². The quantitative estimate of drug-likeness (QED) is 0.710. The first-order valence-corrected chi connectivity index (χ1v) is 7.92. The second kappa shape index (κ2) is 3.04. The van der Waals surface area contributed by atoms with Gasteiger partial charge in [0.2, 0.25) is 0 Å². The molecule has 0 aromatic rings. The zero-order valence-corrected chi connectivity index (χ0v) is 12.8. The molecule has 5 rings (SSSR count). The van der Waals surface area contributed by atoms with Gasteiger partial charge in [-0.15, -0.1) is 0 Å². The molecule has 106 valence electrons. The Bertz CT molecular complexity index is 468. The third-order valence-corrected chi connectivity index (χ3v) is 7.71. The average molecular weight is 262 g/mol. The van der Waals surface area contributed by atoms with E-state index in [4.69, 9.17) is 4.74 Å². The summed E-state index contributed by atoms with van der Waals surface area (Å²) in [4.78, 5) is 11.4. The standard InChI is InChI=1S/C17H26O2/c1-9(18)19-15(2,3)10-6-7-16(4)11-8-12-14(16)17(12,5)13(10)11/h10-14H,6-8H2,1-5H3/t10?,11-,12?,13-,14?,16?,17?/m1/s1. The molecule has 0 aromatic carbocycles. The summed E-state index contributed by atoms with van der Waals surface area (Å²) in [6, 6.07) is 0. The summed E-state index contributed by atoms with van der Waals surface area (Å²) in [7, 11) is 0. The predicted molar refractivity (Wildman–Crippen MR) is 73.4 cm³/mol. The number of ether oxygens (including phenoxy) is 1. The van der Waals surface area contributed by atoms with Gasteiger partial charge in [-0.3, -0.25) is 4.79 Å². The van der Waals surface area contributed by atoms with Crippen molar-refractivity contribution in [1.82, 2.24) is 0 Å². The number of rotatable bonds is 2. The predicted octanol–water partition coefficient (Wildman–Crippen LogP) is 3.65. The molecule has 0 amide bonds. The molecule has 6 bridgehead atoms. The molecule has 0 saturated heterocycles. The molecule has 5 saturated carbocycles. The summed E-state index contributed by atoms with van der Waals surface area (Å²) >= 11 is 0. The van der Waals surface area contributed by atoms with E-state index in [1.54, 1.807) is 6.92 Å². The van der Waals surface area contributed by atoms with Gasteiger partial charge in [-0.2, -0.15) is 0 Å². The van der Waals surface area contributed by atoms with Crippen LogP contribution in [0.5, 0.6) is 0 Å². The van der Waals surface area contributed by atoms with Gasteiger partial charge in [-0.05, 0) is 67.6 Å². The molecular weight excluding hydrogens is 236 g/mol. The second-order valence-corrected chi connectivity index (χ2v) is 8.67. The van der Waals surface area contributed by atoms with Crippen molar-refractivity contribution < 1.29 is 9.53 Å². The van der Waals surface area contributed by atoms with E-state index in [0.717, 1.165) is 23.7 Å². The summed E-state index contributed by atoms with van der Waals surface area (Å²) in [5.74, 6) is 4.12. The number of carbonyl (C=O) groups excluding carboxylic acids is 1. The molecule has 0 aliphatic heterocycles. The van der Waals surface area contributed by atoms with Crippen molar-refractivity contribution in [2.75, 3.05) is 0 Å². The Hall–Kier alpha value is -0.530. The fraction of sp³-hybridized carbons (Fsp3) is 0.941. The van der Waals surface area contributed by atoms with Crippen LogP contribution in [0.1, 0.15) is 53.9 Å². The minimum Gasteiger partial charge on any atom is -0.460 e. The van der Waals surface area contributed by atoms with E-state index in [2.05, 4.69) is 27.7 Å². The highest BCUT2D eigenvalue weighted by atomic mass is 16.6. The maximum absolute atomic E-state index is 11.4. The van der Waals surface area contributed by atoms with Crippen LogP contribution >= 0.6 is 0 Å². The highest BCUT2D eigenvalue weighted by Crippen LogP contribution is 2.91. The van der Waals surface area contributed by atoms with Crippen molar-refractivity contribution in [2.45, 2.75) is 59.5 Å². The smallest absolute Gasteiger partial charge is 0.303 e. The Morgan fingerprint density at radius 1 is 1.26 bits per heavy atom. The first-order valence-electron chi connectivity index (χ1n) is 7.92. The average Bonchev–Trinajstić information content (AvgIpc) is 2.53. The fourth-order valence-electron chi connectivity index (χ4n) is 7.33. The highest BCUT2D eigenvalue weighted by molar-refractivity contribution is 5.66. The van der Waals surface area contributed by atoms with Crippen LogP contribution in [0.25, 0.3) is 0 Å². The lowest BCUT2D eigenvalue weighted by molar-refractivity contribution is -0.165. The van der Waals surface area contributed by atoms with Crippen molar-refractivity contribution in [3.8, 4) is 0 Å². The van der Waals surface area contributed by atoms with E-state index in [1.165, 1.54) is 19.3 Å². The van der Waals surface area contributed by atoms with Crippen LogP contribution in [0.4, 0.5) is 0 Å². The van der Waals surface area contributed by atoms with Crippen LogP contribution in [0.2, 0.25) is 0 Å². The summed E-state index contributed by atoms with van der Waals surface area (Å²) in [5, 5.41) is 0. The van der Waals surface area contributed by atoms with Crippen LogP contribution in [0.15, 0.2) is 0 Å². The summed E-state index contributed by atoms with van der Waals surface area (Å²) in [5.41, 5.74) is 0.913. The van der Waals surface area contributed by atoms with Gasteiger partial charge in [0.05, 0.1) is 0 Å². The van der Waals surface area contributed by atoms with Crippen molar-refractivity contribution in [1.29, 1.82) is 0 Å². The number of hydrogen-bond acceptors (Lipinski definition) is 2. The van der Waals surface area contributed by atoms with E-state index in [-0.39, 0.29) is 11.6 Å². The van der Waals surface area contributed by atoms with Gasteiger partial charge < -0.3 is 4.74 Å². The molecule has 5 aliphatic rings. The highest BCUT2D eigenvalue weighted by Gasteiger charge is 2.86. The lowest BCUT2D eigenvalue weighted by atomic mass is 9.60. The molecule has 0 aromatic heterocycles. The minimum absolute atomic E-state index is 0.124. The van der Waals surface area contributed by atoms with Crippen LogP contribution < -0.4 is 0 Å². The number of carbonyl (C=O) groups is 1. The van der Waals surface area contributed by atoms with Crippen LogP contribution in [-0.4, -0.2) is 11.6 Å². The SMILES string of the molecule is CC(=O)OC(C)(C)C1CCC2(C)C3C4C[C@@H]2[C@@H]1C43C. The molecule has 2 nitrogen and oxygen atoms in total. The Balaban J connectivity index is 1.69. The van der Waals surface area contributed by atoms with Crippen LogP contribution in [-0.2, 0) is 9.53 Å². The summed E-state index contributed by atoms with van der Waals surface area (Å²) in [6.07, 6.45) is 4.05. The van der Waals surface area contributed by atoms with Gasteiger partial charge in [0.15, 0.2) is 0 Å². The zero-order valence-electron chi connectivity index (χ0n) is 12.8. The van der Waals surface area contributed by atoms with Crippen molar-refractivity contribution in [3.05, 3.63) is 0 Å². The van der Waals surface area contributed by atoms with Gasteiger partial charge in [0.1, 0.15) is 5.60 Å². The molecule has 5 aliphatic carbocycles. The molecule has 7 atom stereocenters. The number of esters is 1. The van der Waals surface area contributed by atoms with E-state index >= 15 is 0 Å². The monoisotopic (exact) mass is 262 g/mol. The summed E-state index contributed by atoms with van der Waals surface area (Å²) < 4.78 is 5.70. The lowest BCUT2D eigenvalue weighted by Gasteiger charge is -2.47. The second-order valence-electron chi connectivity index (χ2n) is 8.67. The van der Waals surface area contributed by atoms with E-state index in [9.17, 15) is 4.79 Å². The van der Waals surface area contributed by atoms with Gasteiger partial charge >= 0.3 is 5.97 Å². The van der Waals surface area contributed by atoms with Crippen molar-refractivity contribution in [2.24, 2.45) is 40.4 Å². The first kappa shape index (κ1) is 12.2. The largest absolute Gasteiger partial charge is 0.460 e. The Kier molecular flexibility index (Phi) is 1.96. The normalized spacial score (nSPS) is 57.2. The van der Waals surface area contributed by atoms with Gasteiger partial charge in [0, 0.05) is 12.8 Å². The van der Waals surface area contributed by atoms with Gasteiger partial charge in [-0.1, -0.05) is 13.8 Å². The van der Waals surface area contributed by atoms with Gasteiger partial charge in [-0.25, -0.2) is 0 Å². The van der Waals surface area contributed by atoms with Crippen molar-refractivity contribution >= 4 is 5.97 Å². The topological polar surface area (TPSA) is 26.3 Å². The molecule has 5 unspecified atom stereocenters.